The number of amides is 1. The molecule has 29 heavy (non-hydrogen) atoms. The van der Waals surface area contributed by atoms with Crippen LogP contribution >= 0.6 is 11.6 Å². The quantitative estimate of drug-likeness (QED) is 0.414. The van der Waals surface area contributed by atoms with Crippen LogP contribution in [0.1, 0.15) is 36.7 Å². The monoisotopic (exact) mass is 403 g/mol. The van der Waals surface area contributed by atoms with Gasteiger partial charge in [-0.2, -0.15) is 0 Å². The minimum Gasteiger partial charge on any atom is -0.338 e. The lowest BCUT2D eigenvalue weighted by atomic mass is 9.87. The van der Waals surface area contributed by atoms with Crippen molar-refractivity contribution in [2.24, 2.45) is 0 Å². The number of aromatic amines is 1. The van der Waals surface area contributed by atoms with Crippen LogP contribution in [0.25, 0.3) is 22.4 Å². The Bertz CT molecular complexity index is 1150. The molecule has 0 aliphatic rings. The Kier molecular flexibility index (Phi) is 4.89. The zero-order chi connectivity index (χ0) is 20.6. The molecule has 0 radical (unpaired) electrons. The van der Waals surface area contributed by atoms with Gasteiger partial charge in [-0.05, 0) is 53.4 Å². The van der Waals surface area contributed by atoms with E-state index in [1.54, 1.807) is 6.07 Å². The van der Waals surface area contributed by atoms with E-state index in [0.29, 0.717) is 16.3 Å². The molecule has 0 fully saturated rings. The first-order valence-corrected chi connectivity index (χ1v) is 9.86. The second-order valence-corrected chi connectivity index (χ2v) is 8.49. The first kappa shape index (κ1) is 19.2. The molecular formula is C24H22ClN3O. The lowest BCUT2D eigenvalue weighted by molar-refractivity contribution is 0.102. The number of nitrogens with one attached hydrogen (secondary N) is 2. The summed E-state index contributed by atoms with van der Waals surface area (Å²) in [5.74, 6) is 0.530. The van der Waals surface area contributed by atoms with Crippen LogP contribution in [0.4, 0.5) is 5.69 Å². The molecule has 0 aliphatic carbocycles. The number of halogens is 1. The molecule has 4 nitrogen and oxygen atoms in total. The van der Waals surface area contributed by atoms with Crippen LogP contribution in [0, 0.1) is 0 Å². The summed E-state index contributed by atoms with van der Waals surface area (Å²) in [6, 6.07) is 21.0. The number of hydrogen-bond acceptors (Lipinski definition) is 2. The van der Waals surface area contributed by atoms with Gasteiger partial charge < -0.3 is 10.3 Å². The number of hydrogen-bond donors (Lipinski definition) is 2. The lowest BCUT2D eigenvalue weighted by Gasteiger charge is -2.19. The van der Waals surface area contributed by atoms with Gasteiger partial charge >= 0.3 is 0 Å². The summed E-state index contributed by atoms with van der Waals surface area (Å²) in [6.07, 6.45) is 0. The zero-order valence-electron chi connectivity index (χ0n) is 16.6. The Hall–Kier alpha value is -3.11. The highest BCUT2D eigenvalue weighted by atomic mass is 35.5. The van der Waals surface area contributed by atoms with E-state index in [1.807, 2.05) is 60.7 Å². The molecule has 0 aliphatic heterocycles. The molecule has 5 heteroatoms. The Morgan fingerprint density at radius 1 is 1.00 bits per heavy atom. The van der Waals surface area contributed by atoms with Crippen molar-refractivity contribution in [3.05, 3.63) is 82.9 Å². The van der Waals surface area contributed by atoms with Gasteiger partial charge in [0.15, 0.2) is 0 Å². The number of aromatic nitrogens is 2. The average molecular weight is 404 g/mol. The Morgan fingerprint density at radius 2 is 1.72 bits per heavy atom. The van der Waals surface area contributed by atoms with Gasteiger partial charge in [0.1, 0.15) is 5.82 Å². The predicted molar refractivity (Wildman–Crippen MR) is 120 cm³/mol. The third-order valence-electron chi connectivity index (χ3n) is 4.89. The number of fused-ring (bicyclic) bond motifs is 1. The topological polar surface area (TPSA) is 57.8 Å². The van der Waals surface area contributed by atoms with Gasteiger partial charge in [0.25, 0.3) is 5.91 Å². The van der Waals surface area contributed by atoms with E-state index in [4.69, 9.17) is 11.6 Å². The molecule has 2 N–H and O–H groups in total. The van der Waals surface area contributed by atoms with Crippen LogP contribution in [0.3, 0.4) is 0 Å². The van der Waals surface area contributed by atoms with E-state index < -0.39 is 0 Å². The highest BCUT2D eigenvalue weighted by Gasteiger charge is 2.15. The maximum atomic E-state index is 12.7. The lowest BCUT2D eigenvalue weighted by Crippen LogP contribution is -2.14. The van der Waals surface area contributed by atoms with E-state index in [0.717, 1.165) is 22.4 Å². The number of benzene rings is 3. The SMILES string of the molecule is CC(C)(C)c1ccc(C(=O)Nc2cc(-c3nc4ccccc4[nH]3)ccc2Cl)cc1. The number of para-hydroxylation sites is 2. The van der Waals surface area contributed by atoms with Crippen LogP contribution in [-0.4, -0.2) is 15.9 Å². The predicted octanol–water partition coefficient (Wildman–Crippen LogP) is 6.43. The van der Waals surface area contributed by atoms with Crippen molar-refractivity contribution in [3.8, 4) is 11.4 Å². The summed E-state index contributed by atoms with van der Waals surface area (Å²) < 4.78 is 0. The van der Waals surface area contributed by atoms with Gasteiger partial charge in [-0.15, -0.1) is 0 Å². The van der Waals surface area contributed by atoms with Crippen LogP contribution in [0.5, 0.6) is 0 Å². The second kappa shape index (κ2) is 7.37. The first-order valence-electron chi connectivity index (χ1n) is 9.48. The Morgan fingerprint density at radius 3 is 2.41 bits per heavy atom. The normalized spacial score (nSPS) is 11.6. The first-order chi connectivity index (χ1) is 13.8. The fraction of sp³-hybridized carbons (Fsp3) is 0.167. The van der Waals surface area contributed by atoms with Crippen molar-refractivity contribution in [1.82, 2.24) is 9.97 Å². The molecule has 1 aromatic heterocycles. The van der Waals surface area contributed by atoms with E-state index >= 15 is 0 Å². The van der Waals surface area contributed by atoms with Crippen molar-refractivity contribution in [2.75, 3.05) is 5.32 Å². The number of imidazole rings is 1. The van der Waals surface area contributed by atoms with E-state index in [-0.39, 0.29) is 11.3 Å². The molecule has 0 atom stereocenters. The van der Waals surface area contributed by atoms with Gasteiger partial charge in [-0.3, -0.25) is 4.79 Å². The fourth-order valence-corrected chi connectivity index (χ4v) is 3.34. The van der Waals surface area contributed by atoms with Crippen LogP contribution < -0.4 is 5.32 Å². The maximum absolute atomic E-state index is 12.7. The van der Waals surface area contributed by atoms with E-state index in [2.05, 4.69) is 36.1 Å². The Balaban J connectivity index is 1.60. The maximum Gasteiger partial charge on any atom is 0.255 e. The van der Waals surface area contributed by atoms with Crippen LogP contribution in [-0.2, 0) is 5.41 Å². The van der Waals surface area contributed by atoms with Gasteiger partial charge in [-0.1, -0.05) is 56.6 Å². The van der Waals surface area contributed by atoms with E-state index in [9.17, 15) is 4.79 Å². The number of carbonyl (C=O) groups excluding carboxylic acids is 1. The molecule has 146 valence electrons. The summed E-state index contributed by atoms with van der Waals surface area (Å²) in [4.78, 5) is 20.6. The smallest absolute Gasteiger partial charge is 0.255 e. The number of rotatable bonds is 3. The van der Waals surface area contributed by atoms with Crippen molar-refractivity contribution in [3.63, 3.8) is 0 Å². The molecule has 0 spiro atoms. The molecule has 1 heterocycles. The molecule has 0 saturated carbocycles. The zero-order valence-corrected chi connectivity index (χ0v) is 17.3. The number of carbonyl (C=O) groups is 1. The minimum absolute atomic E-state index is 0.0409. The number of H-pyrrole nitrogens is 1. The van der Waals surface area contributed by atoms with Crippen LogP contribution in [0.2, 0.25) is 5.02 Å². The molecule has 4 rings (SSSR count). The minimum atomic E-state index is -0.200. The molecular weight excluding hydrogens is 382 g/mol. The number of anilines is 1. The van der Waals surface area contributed by atoms with Crippen LogP contribution in [0.15, 0.2) is 66.7 Å². The standard InChI is InChI=1S/C24H22ClN3O/c1-24(2,3)17-11-8-15(9-12-17)23(29)28-21-14-16(10-13-18(21)25)22-26-19-6-4-5-7-20(19)27-22/h4-14H,1-3H3,(H,26,27)(H,28,29). The van der Waals surface area contributed by atoms with Crippen molar-refractivity contribution >= 4 is 34.2 Å². The van der Waals surface area contributed by atoms with E-state index in [1.165, 1.54) is 5.56 Å². The van der Waals surface area contributed by atoms with Crippen molar-refractivity contribution < 1.29 is 4.79 Å². The summed E-state index contributed by atoms with van der Waals surface area (Å²) >= 11 is 6.33. The third-order valence-corrected chi connectivity index (χ3v) is 5.22. The Labute approximate surface area is 174 Å². The highest BCUT2D eigenvalue weighted by molar-refractivity contribution is 6.34. The molecule has 0 bridgehead atoms. The number of nitrogens with zero attached hydrogens (tertiary/aromatic N) is 1. The molecule has 1 amide bonds. The summed E-state index contributed by atoms with van der Waals surface area (Å²) in [5.41, 5.74) is 5.06. The largest absolute Gasteiger partial charge is 0.338 e. The van der Waals surface area contributed by atoms with Gasteiger partial charge in [-0.25, -0.2) is 4.98 Å². The second-order valence-electron chi connectivity index (χ2n) is 8.08. The van der Waals surface area contributed by atoms with Gasteiger partial charge in [0.05, 0.1) is 21.7 Å². The van der Waals surface area contributed by atoms with Crippen molar-refractivity contribution in [2.45, 2.75) is 26.2 Å². The molecule has 0 saturated heterocycles. The summed E-state index contributed by atoms with van der Waals surface area (Å²) in [6.45, 7) is 6.43. The third kappa shape index (κ3) is 4.03. The molecule has 3 aromatic carbocycles. The van der Waals surface area contributed by atoms with Gasteiger partial charge in [0.2, 0.25) is 0 Å². The summed E-state index contributed by atoms with van der Waals surface area (Å²) in [7, 11) is 0. The van der Waals surface area contributed by atoms with Gasteiger partial charge in [0, 0.05) is 11.1 Å². The highest BCUT2D eigenvalue weighted by Crippen LogP contribution is 2.29. The average Bonchev–Trinajstić information content (AvgIpc) is 3.13. The van der Waals surface area contributed by atoms with Crippen molar-refractivity contribution in [1.29, 1.82) is 0 Å². The molecule has 0 unspecified atom stereocenters. The fourth-order valence-electron chi connectivity index (χ4n) is 3.17. The summed E-state index contributed by atoms with van der Waals surface area (Å²) in [5, 5.41) is 3.39. The molecule has 4 aromatic rings.